The molecular formula is C14H20N2O3S. The minimum atomic E-state index is -0.980. The zero-order valence-electron chi connectivity index (χ0n) is 11.2. The number of carbonyl (C=O) groups is 2. The predicted octanol–water partition coefficient (Wildman–Crippen LogP) is 0.836. The minimum absolute atomic E-state index is 0.00725. The third-order valence-electron chi connectivity index (χ3n) is 2.89. The van der Waals surface area contributed by atoms with E-state index in [0.29, 0.717) is 6.54 Å². The van der Waals surface area contributed by atoms with Crippen LogP contribution < -0.4 is 11.1 Å². The fraction of sp³-hybridized carbons (Fsp3) is 0.429. The minimum Gasteiger partial charge on any atom is -0.480 e. The maximum absolute atomic E-state index is 11.0. The van der Waals surface area contributed by atoms with Crippen molar-refractivity contribution in [1.29, 1.82) is 0 Å². The van der Waals surface area contributed by atoms with Crippen molar-refractivity contribution in [2.24, 2.45) is 5.73 Å². The first-order valence-corrected chi connectivity index (χ1v) is 6.97. The first kappa shape index (κ1) is 16.5. The molecule has 0 fully saturated rings. The molecule has 0 bridgehead atoms. The molecule has 1 amide bonds. The van der Waals surface area contributed by atoms with E-state index in [1.54, 1.807) is 0 Å². The fourth-order valence-corrected chi connectivity index (χ4v) is 2.15. The molecule has 1 aromatic rings. The monoisotopic (exact) mass is 296 g/mol. The second kappa shape index (κ2) is 8.60. The van der Waals surface area contributed by atoms with Crippen LogP contribution in [-0.4, -0.2) is 34.8 Å². The third kappa shape index (κ3) is 6.58. The number of carbonyl (C=O) groups excluding carboxylic acids is 1. The maximum Gasteiger partial charge on any atom is 0.320 e. The highest BCUT2D eigenvalue weighted by atomic mass is 32.1. The Bertz CT molecular complexity index is 439. The second-order valence-corrected chi connectivity index (χ2v) is 5.38. The fourth-order valence-electron chi connectivity index (χ4n) is 1.84. The van der Waals surface area contributed by atoms with Crippen molar-refractivity contribution >= 4 is 24.5 Å². The Morgan fingerprint density at radius 2 is 1.95 bits per heavy atom. The van der Waals surface area contributed by atoms with E-state index in [9.17, 15) is 9.59 Å². The molecule has 5 nitrogen and oxygen atoms in total. The molecule has 6 heteroatoms. The summed E-state index contributed by atoms with van der Waals surface area (Å²) in [5.74, 6) is -1.48. The number of aliphatic carboxylic acids is 1. The standard InChI is InChI=1S/C14H20N2O3S/c15-13(17)7-6-12(14(18)19)16-9-11(20)8-10-4-2-1-3-5-10/h1-5,11-12,16,20H,6-9H2,(H2,15,17)(H,18,19)/t11?,12-/m0/s1. The van der Waals surface area contributed by atoms with Crippen LogP contribution in [0.3, 0.4) is 0 Å². The van der Waals surface area contributed by atoms with Crippen LogP contribution in [0.4, 0.5) is 0 Å². The van der Waals surface area contributed by atoms with Crippen LogP contribution in [0.2, 0.25) is 0 Å². The largest absolute Gasteiger partial charge is 0.480 e. The first-order valence-electron chi connectivity index (χ1n) is 6.45. The Labute approximate surface area is 124 Å². The van der Waals surface area contributed by atoms with Gasteiger partial charge in [-0.15, -0.1) is 0 Å². The quantitative estimate of drug-likeness (QED) is 0.508. The van der Waals surface area contributed by atoms with E-state index >= 15 is 0 Å². The van der Waals surface area contributed by atoms with Crippen LogP contribution in [0.15, 0.2) is 30.3 Å². The second-order valence-electron chi connectivity index (χ2n) is 4.65. The van der Waals surface area contributed by atoms with Crippen LogP contribution in [0.1, 0.15) is 18.4 Å². The summed E-state index contributed by atoms with van der Waals surface area (Å²) in [5, 5.41) is 12.0. The zero-order chi connectivity index (χ0) is 15.0. The third-order valence-corrected chi connectivity index (χ3v) is 3.26. The number of rotatable bonds is 9. The molecule has 20 heavy (non-hydrogen) atoms. The van der Waals surface area contributed by atoms with E-state index in [1.165, 1.54) is 0 Å². The Morgan fingerprint density at radius 3 is 2.50 bits per heavy atom. The van der Waals surface area contributed by atoms with Crippen LogP contribution >= 0.6 is 12.6 Å². The predicted molar refractivity (Wildman–Crippen MR) is 80.8 cm³/mol. The number of carboxylic acids is 1. The van der Waals surface area contributed by atoms with Gasteiger partial charge in [-0.05, 0) is 18.4 Å². The molecule has 0 saturated heterocycles. The topological polar surface area (TPSA) is 92.4 Å². The normalized spacial score (nSPS) is 13.7. The van der Waals surface area contributed by atoms with Crippen molar-refractivity contribution in [2.75, 3.05) is 6.54 Å². The number of carboxylic acid groups (broad SMARTS) is 1. The Morgan fingerprint density at radius 1 is 1.30 bits per heavy atom. The van der Waals surface area contributed by atoms with E-state index in [0.717, 1.165) is 12.0 Å². The average molecular weight is 296 g/mol. The Hall–Kier alpha value is -1.53. The summed E-state index contributed by atoms with van der Waals surface area (Å²) in [5.41, 5.74) is 6.18. The number of benzene rings is 1. The van der Waals surface area contributed by atoms with Crippen LogP contribution in [0.25, 0.3) is 0 Å². The Balaban J connectivity index is 2.38. The van der Waals surface area contributed by atoms with E-state index in [4.69, 9.17) is 10.8 Å². The summed E-state index contributed by atoms with van der Waals surface area (Å²) in [7, 11) is 0. The molecule has 0 heterocycles. The summed E-state index contributed by atoms with van der Waals surface area (Å²) < 4.78 is 0. The molecule has 0 aliphatic rings. The number of primary amides is 1. The molecule has 0 radical (unpaired) electrons. The van der Waals surface area contributed by atoms with Gasteiger partial charge < -0.3 is 16.2 Å². The van der Waals surface area contributed by atoms with E-state index < -0.39 is 17.9 Å². The lowest BCUT2D eigenvalue weighted by Gasteiger charge is -2.17. The molecule has 110 valence electrons. The number of thiol groups is 1. The average Bonchev–Trinajstić information content (AvgIpc) is 2.39. The highest BCUT2D eigenvalue weighted by molar-refractivity contribution is 7.81. The Kier molecular flexibility index (Phi) is 7.11. The highest BCUT2D eigenvalue weighted by Crippen LogP contribution is 2.07. The van der Waals surface area contributed by atoms with Crippen molar-refractivity contribution in [3.8, 4) is 0 Å². The highest BCUT2D eigenvalue weighted by Gasteiger charge is 2.18. The SMILES string of the molecule is NC(=O)CC[C@H](NCC(S)Cc1ccccc1)C(=O)O. The number of hydrogen-bond donors (Lipinski definition) is 4. The summed E-state index contributed by atoms with van der Waals surface area (Å²) in [4.78, 5) is 21.7. The summed E-state index contributed by atoms with van der Waals surface area (Å²) in [6.07, 6.45) is 0.996. The molecule has 1 aromatic carbocycles. The van der Waals surface area contributed by atoms with Gasteiger partial charge in [0.2, 0.25) is 5.91 Å². The van der Waals surface area contributed by atoms with Gasteiger partial charge in [0.25, 0.3) is 0 Å². The number of nitrogens with one attached hydrogen (secondary N) is 1. The van der Waals surface area contributed by atoms with Gasteiger partial charge in [-0.2, -0.15) is 12.6 Å². The smallest absolute Gasteiger partial charge is 0.320 e. The van der Waals surface area contributed by atoms with E-state index in [-0.39, 0.29) is 18.1 Å². The van der Waals surface area contributed by atoms with Crippen molar-refractivity contribution in [3.05, 3.63) is 35.9 Å². The molecule has 1 rings (SSSR count). The van der Waals surface area contributed by atoms with Crippen LogP contribution in [0, 0.1) is 0 Å². The maximum atomic E-state index is 11.0. The van der Waals surface area contributed by atoms with Gasteiger partial charge in [0.15, 0.2) is 0 Å². The van der Waals surface area contributed by atoms with Gasteiger partial charge in [-0.25, -0.2) is 0 Å². The van der Waals surface area contributed by atoms with Gasteiger partial charge in [0.1, 0.15) is 6.04 Å². The van der Waals surface area contributed by atoms with Gasteiger partial charge in [-0.3, -0.25) is 9.59 Å². The zero-order valence-corrected chi connectivity index (χ0v) is 12.1. The summed E-state index contributed by atoms with van der Waals surface area (Å²) in [6, 6.07) is 9.09. The lowest BCUT2D eigenvalue weighted by Crippen LogP contribution is -2.40. The van der Waals surface area contributed by atoms with E-state index in [1.807, 2.05) is 30.3 Å². The van der Waals surface area contributed by atoms with Crippen molar-refractivity contribution in [2.45, 2.75) is 30.6 Å². The summed E-state index contributed by atoms with van der Waals surface area (Å²) in [6.45, 7) is 0.452. The molecule has 4 N–H and O–H groups in total. The van der Waals surface area contributed by atoms with Crippen molar-refractivity contribution in [1.82, 2.24) is 5.32 Å². The number of amides is 1. The van der Waals surface area contributed by atoms with Gasteiger partial charge >= 0.3 is 5.97 Å². The number of hydrogen-bond acceptors (Lipinski definition) is 4. The molecule has 0 aromatic heterocycles. The van der Waals surface area contributed by atoms with Gasteiger partial charge in [0.05, 0.1) is 0 Å². The lowest BCUT2D eigenvalue weighted by atomic mass is 10.1. The van der Waals surface area contributed by atoms with Crippen LogP contribution in [0.5, 0.6) is 0 Å². The first-order chi connectivity index (χ1) is 9.49. The van der Waals surface area contributed by atoms with Gasteiger partial charge in [-0.1, -0.05) is 30.3 Å². The molecule has 0 aliphatic heterocycles. The van der Waals surface area contributed by atoms with Crippen LogP contribution in [-0.2, 0) is 16.0 Å². The molecule has 2 atom stereocenters. The molecule has 0 saturated carbocycles. The van der Waals surface area contributed by atoms with Crippen molar-refractivity contribution < 1.29 is 14.7 Å². The molecular weight excluding hydrogens is 276 g/mol. The number of nitrogens with two attached hydrogens (primary N) is 1. The molecule has 1 unspecified atom stereocenters. The molecule has 0 aliphatic carbocycles. The van der Waals surface area contributed by atoms with Crippen molar-refractivity contribution in [3.63, 3.8) is 0 Å². The molecule has 0 spiro atoms. The van der Waals surface area contributed by atoms with E-state index in [2.05, 4.69) is 17.9 Å². The summed E-state index contributed by atoms with van der Waals surface area (Å²) >= 11 is 4.45. The van der Waals surface area contributed by atoms with Gasteiger partial charge in [0, 0.05) is 18.2 Å². The lowest BCUT2D eigenvalue weighted by molar-refractivity contribution is -0.139.